The lowest BCUT2D eigenvalue weighted by atomic mass is 10.5. The van der Waals surface area contributed by atoms with E-state index in [0.717, 1.165) is 15.9 Å². The molecule has 0 radical (unpaired) electrons. The van der Waals surface area contributed by atoms with Gasteiger partial charge in [-0.2, -0.15) is 0 Å². The van der Waals surface area contributed by atoms with Crippen LogP contribution in [-0.2, 0) is 4.79 Å². The molecule has 0 saturated heterocycles. The van der Waals surface area contributed by atoms with Crippen molar-refractivity contribution in [3.8, 4) is 0 Å². The number of aliphatic carboxylic acids is 1. The normalized spacial score (nSPS) is 11.6. The number of carboxylic acid groups (broad SMARTS) is 1. The second-order valence-corrected chi connectivity index (χ2v) is 3.47. The Kier molecular flexibility index (Phi) is 2.99. The average molecular weight is 184 g/mol. The van der Waals surface area contributed by atoms with Crippen molar-refractivity contribution in [2.75, 3.05) is 0 Å². The molecule has 1 rings (SSSR count). The van der Waals surface area contributed by atoms with Gasteiger partial charge in [0.05, 0.1) is 11.2 Å². The maximum Gasteiger partial charge on any atom is 0.329 e. The molecule has 0 fully saturated rings. The topological polar surface area (TPSA) is 50.4 Å². The highest BCUT2D eigenvalue weighted by Gasteiger charge is 1.98. The van der Waals surface area contributed by atoms with Crippen LogP contribution >= 0.6 is 11.8 Å². The fourth-order valence-corrected chi connectivity index (χ4v) is 1.46. The molecule has 0 spiro atoms. The summed E-state index contributed by atoms with van der Waals surface area (Å²) in [6.07, 6.45) is 4.29. The fraction of sp³-hybridized carbons (Fsp3) is 0.125. The summed E-state index contributed by atoms with van der Waals surface area (Å²) >= 11 is 1.37. The summed E-state index contributed by atoms with van der Waals surface area (Å²) in [6, 6.07) is 1.78. The molecular weight excluding hydrogens is 176 g/mol. The Morgan fingerprint density at radius 3 is 3.00 bits per heavy atom. The number of carboxylic acids is 1. The SMILES string of the molecule is C/C(=C/C(=O)O)Sc1ccoc1. The molecule has 0 amide bonds. The lowest BCUT2D eigenvalue weighted by molar-refractivity contribution is -0.131. The largest absolute Gasteiger partial charge is 0.478 e. The van der Waals surface area contributed by atoms with Crippen molar-refractivity contribution in [3.05, 3.63) is 29.6 Å². The summed E-state index contributed by atoms with van der Waals surface area (Å²) < 4.78 is 4.82. The summed E-state index contributed by atoms with van der Waals surface area (Å²) in [5.41, 5.74) is 0. The van der Waals surface area contributed by atoms with Crippen molar-refractivity contribution in [2.24, 2.45) is 0 Å². The first-order valence-corrected chi connectivity index (χ1v) is 4.11. The molecule has 1 aromatic heterocycles. The predicted octanol–water partition coefficient (Wildman–Crippen LogP) is 2.36. The number of hydrogen-bond acceptors (Lipinski definition) is 3. The van der Waals surface area contributed by atoms with Crippen molar-refractivity contribution in [3.63, 3.8) is 0 Å². The van der Waals surface area contributed by atoms with E-state index in [1.54, 1.807) is 25.5 Å². The Morgan fingerprint density at radius 1 is 1.75 bits per heavy atom. The molecule has 0 unspecified atom stereocenters. The third-order valence-corrected chi connectivity index (χ3v) is 2.01. The van der Waals surface area contributed by atoms with Crippen LogP contribution in [0.4, 0.5) is 0 Å². The van der Waals surface area contributed by atoms with Crippen LogP contribution in [0.3, 0.4) is 0 Å². The van der Waals surface area contributed by atoms with Crippen LogP contribution in [0.15, 0.2) is 38.9 Å². The third-order valence-electron chi connectivity index (χ3n) is 1.10. The van der Waals surface area contributed by atoms with Crippen molar-refractivity contribution in [1.82, 2.24) is 0 Å². The predicted molar refractivity (Wildman–Crippen MR) is 46.0 cm³/mol. The van der Waals surface area contributed by atoms with Gasteiger partial charge in [-0.05, 0) is 17.9 Å². The molecule has 0 atom stereocenters. The molecule has 1 N–H and O–H groups in total. The highest BCUT2D eigenvalue weighted by molar-refractivity contribution is 8.03. The summed E-state index contributed by atoms with van der Waals surface area (Å²) in [5, 5.41) is 8.40. The molecule has 0 aliphatic carbocycles. The second kappa shape index (κ2) is 4.01. The van der Waals surface area contributed by atoms with Gasteiger partial charge in [0.1, 0.15) is 6.26 Å². The Bertz CT molecular complexity index is 287. The monoisotopic (exact) mass is 184 g/mol. The Labute approximate surface area is 74.1 Å². The number of rotatable bonds is 3. The zero-order chi connectivity index (χ0) is 8.97. The van der Waals surface area contributed by atoms with Crippen LogP contribution in [0, 0.1) is 0 Å². The van der Waals surface area contributed by atoms with Crippen molar-refractivity contribution in [1.29, 1.82) is 0 Å². The van der Waals surface area contributed by atoms with Crippen LogP contribution < -0.4 is 0 Å². The Hall–Kier alpha value is -1.16. The van der Waals surface area contributed by atoms with E-state index in [9.17, 15) is 4.79 Å². The maximum absolute atomic E-state index is 10.2. The minimum absolute atomic E-state index is 0.726. The smallest absolute Gasteiger partial charge is 0.329 e. The molecule has 64 valence electrons. The molecule has 0 aromatic carbocycles. The molecule has 1 heterocycles. The van der Waals surface area contributed by atoms with Crippen molar-refractivity contribution in [2.45, 2.75) is 11.8 Å². The first-order chi connectivity index (χ1) is 5.68. The average Bonchev–Trinajstić information content (AvgIpc) is 2.37. The van der Waals surface area contributed by atoms with E-state index in [2.05, 4.69) is 0 Å². The number of hydrogen-bond donors (Lipinski definition) is 1. The van der Waals surface area contributed by atoms with E-state index < -0.39 is 5.97 Å². The van der Waals surface area contributed by atoms with Crippen LogP contribution in [0.5, 0.6) is 0 Å². The van der Waals surface area contributed by atoms with Gasteiger partial charge in [0.15, 0.2) is 0 Å². The van der Waals surface area contributed by atoms with Crippen LogP contribution in [0.1, 0.15) is 6.92 Å². The first-order valence-electron chi connectivity index (χ1n) is 3.30. The second-order valence-electron chi connectivity index (χ2n) is 2.15. The number of carbonyl (C=O) groups is 1. The molecule has 4 heteroatoms. The van der Waals surface area contributed by atoms with E-state index in [0.29, 0.717) is 0 Å². The van der Waals surface area contributed by atoms with Gasteiger partial charge < -0.3 is 9.52 Å². The maximum atomic E-state index is 10.2. The van der Waals surface area contributed by atoms with Crippen LogP contribution in [0.25, 0.3) is 0 Å². The van der Waals surface area contributed by atoms with Gasteiger partial charge in [-0.15, -0.1) is 0 Å². The molecule has 12 heavy (non-hydrogen) atoms. The fourth-order valence-electron chi connectivity index (χ4n) is 0.699. The van der Waals surface area contributed by atoms with E-state index in [4.69, 9.17) is 9.52 Å². The summed E-state index contributed by atoms with van der Waals surface area (Å²) in [6.45, 7) is 1.74. The minimum Gasteiger partial charge on any atom is -0.478 e. The molecule has 1 aromatic rings. The highest BCUT2D eigenvalue weighted by Crippen LogP contribution is 2.25. The molecular formula is C8H8O3S. The Balaban J connectivity index is 2.58. The highest BCUT2D eigenvalue weighted by atomic mass is 32.2. The number of allylic oxidation sites excluding steroid dienone is 1. The van der Waals surface area contributed by atoms with Crippen molar-refractivity contribution < 1.29 is 14.3 Å². The van der Waals surface area contributed by atoms with E-state index in [-0.39, 0.29) is 0 Å². The van der Waals surface area contributed by atoms with Crippen LogP contribution in [-0.4, -0.2) is 11.1 Å². The number of thioether (sulfide) groups is 1. The van der Waals surface area contributed by atoms with Gasteiger partial charge in [-0.3, -0.25) is 0 Å². The lowest BCUT2D eigenvalue weighted by Crippen LogP contribution is -1.87. The third kappa shape index (κ3) is 2.84. The molecule has 0 aliphatic heterocycles. The summed E-state index contributed by atoms with van der Waals surface area (Å²) in [5.74, 6) is -0.927. The van der Waals surface area contributed by atoms with Gasteiger partial charge in [0, 0.05) is 6.08 Å². The van der Waals surface area contributed by atoms with Crippen LogP contribution in [0.2, 0.25) is 0 Å². The molecule has 0 aliphatic rings. The van der Waals surface area contributed by atoms with E-state index >= 15 is 0 Å². The number of furan rings is 1. The summed E-state index contributed by atoms with van der Waals surface area (Å²) in [7, 11) is 0. The molecule has 3 nitrogen and oxygen atoms in total. The Morgan fingerprint density at radius 2 is 2.50 bits per heavy atom. The standard InChI is InChI=1S/C8H8O3S/c1-6(4-8(9)10)12-7-2-3-11-5-7/h2-5H,1H3,(H,9,10)/b6-4-. The van der Waals surface area contributed by atoms with Gasteiger partial charge in [-0.25, -0.2) is 4.79 Å². The molecule has 0 bridgehead atoms. The first kappa shape index (κ1) is 8.93. The van der Waals surface area contributed by atoms with Gasteiger partial charge >= 0.3 is 5.97 Å². The van der Waals surface area contributed by atoms with E-state index in [1.807, 2.05) is 0 Å². The summed E-state index contributed by atoms with van der Waals surface area (Å²) in [4.78, 5) is 11.9. The van der Waals surface area contributed by atoms with Gasteiger partial charge in [0.25, 0.3) is 0 Å². The van der Waals surface area contributed by atoms with Crippen molar-refractivity contribution >= 4 is 17.7 Å². The van der Waals surface area contributed by atoms with E-state index in [1.165, 1.54) is 11.8 Å². The van der Waals surface area contributed by atoms with Gasteiger partial charge in [-0.1, -0.05) is 11.8 Å². The zero-order valence-corrected chi connectivity index (χ0v) is 7.30. The van der Waals surface area contributed by atoms with Gasteiger partial charge in [0.2, 0.25) is 0 Å². The molecule has 0 saturated carbocycles. The lowest BCUT2D eigenvalue weighted by Gasteiger charge is -1.93. The quantitative estimate of drug-likeness (QED) is 0.578. The zero-order valence-electron chi connectivity index (χ0n) is 6.48. The minimum atomic E-state index is -0.927.